The van der Waals surface area contributed by atoms with E-state index >= 15 is 0 Å². The highest BCUT2D eigenvalue weighted by molar-refractivity contribution is 5.87. The van der Waals surface area contributed by atoms with Gasteiger partial charge in [0.05, 0.1) is 5.56 Å². The lowest BCUT2D eigenvalue weighted by Crippen LogP contribution is -2.10. The van der Waals surface area contributed by atoms with Crippen LogP contribution in [0.1, 0.15) is 35.3 Å². The minimum atomic E-state index is -0.921. The fourth-order valence-electron chi connectivity index (χ4n) is 1.37. The lowest BCUT2D eigenvalue weighted by atomic mass is 10.0. The second-order valence-corrected chi connectivity index (χ2v) is 3.69. The smallest absolute Gasteiger partial charge is 0.335 e. The van der Waals surface area contributed by atoms with Gasteiger partial charge in [0, 0.05) is 6.04 Å². The molecule has 4 heteroatoms. The lowest BCUT2D eigenvalue weighted by molar-refractivity contribution is 0.0697. The van der Waals surface area contributed by atoms with E-state index in [1.165, 1.54) is 0 Å². The van der Waals surface area contributed by atoms with Crippen LogP contribution in [0.3, 0.4) is 0 Å². The molecular weight excluding hydrogens is 226 g/mol. The average Bonchev–Trinajstić information content (AvgIpc) is 2.17. The zero-order chi connectivity index (χ0) is 11.4. The standard InChI is InChI=1S/C12H15NO2.ClH/c1-8(2)7-11(13)9-3-5-10(6-4-9)12(14)15;/h3-6,11H,1,7,13H2,2H3,(H,14,15);1H/t11-;/m1./s1. The van der Waals surface area contributed by atoms with Gasteiger partial charge >= 0.3 is 5.97 Å². The van der Waals surface area contributed by atoms with Gasteiger partial charge in [-0.15, -0.1) is 19.0 Å². The number of benzene rings is 1. The molecule has 0 amide bonds. The third-order valence-corrected chi connectivity index (χ3v) is 2.15. The van der Waals surface area contributed by atoms with Crippen LogP contribution in [0.25, 0.3) is 0 Å². The van der Waals surface area contributed by atoms with Crippen molar-refractivity contribution in [2.24, 2.45) is 5.73 Å². The molecule has 0 unspecified atom stereocenters. The van der Waals surface area contributed by atoms with Crippen molar-refractivity contribution in [1.29, 1.82) is 0 Å². The van der Waals surface area contributed by atoms with Gasteiger partial charge in [-0.3, -0.25) is 0 Å². The van der Waals surface area contributed by atoms with E-state index < -0.39 is 5.97 Å². The Morgan fingerprint density at radius 1 is 1.44 bits per heavy atom. The monoisotopic (exact) mass is 241 g/mol. The highest BCUT2D eigenvalue weighted by Gasteiger charge is 2.07. The predicted octanol–water partition coefficient (Wildman–Crippen LogP) is 2.77. The van der Waals surface area contributed by atoms with E-state index in [-0.39, 0.29) is 24.0 Å². The van der Waals surface area contributed by atoms with Crippen LogP contribution in [0.4, 0.5) is 0 Å². The second kappa shape index (κ2) is 6.30. The number of rotatable bonds is 4. The number of halogens is 1. The molecule has 0 aromatic heterocycles. The zero-order valence-electron chi connectivity index (χ0n) is 9.14. The van der Waals surface area contributed by atoms with Crippen molar-refractivity contribution in [3.8, 4) is 0 Å². The maximum atomic E-state index is 10.6. The Labute approximate surface area is 101 Å². The molecule has 0 saturated heterocycles. The number of carbonyl (C=O) groups is 1. The minimum absolute atomic E-state index is 0. The first kappa shape index (κ1) is 14.7. The van der Waals surface area contributed by atoms with Gasteiger partial charge in [-0.1, -0.05) is 17.7 Å². The molecule has 16 heavy (non-hydrogen) atoms. The summed E-state index contributed by atoms with van der Waals surface area (Å²) in [5.41, 5.74) is 8.14. The van der Waals surface area contributed by atoms with Crippen LogP contribution < -0.4 is 5.73 Å². The van der Waals surface area contributed by atoms with Crippen molar-refractivity contribution in [2.75, 3.05) is 0 Å². The van der Waals surface area contributed by atoms with Crippen molar-refractivity contribution < 1.29 is 9.90 Å². The molecule has 3 N–H and O–H groups in total. The number of carboxylic acids is 1. The second-order valence-electron chi connectivity index (χ2n) is 3.69. The van der Waals surface area contributed by atoms with Crippen LogP contribution in [0.5, 0.6) is 0 Å². The maximum absolute atomic E-state index is 10.6. The Balaban J connectivity index is 0.00000225. The van der Waals surface area contributed by atoms with E-state index in [2.05, 4.69) is 6.58 Å². The van der Waals surface area contributed by atoms with Crippen molar-refractivity contribution in [3.05, 3.63) is 47.5 Å². The molecule has 1 aromatic carbocycles. The SMILES string of the molecule is C=C(C)C[C@@H](N)c1ccc(C(=O)O)cc1.Cl. The molecule has 1 aromatic rings. The molecule has 0 fully saturated rings. The molecule has 1 rings (SSSR count). The summed E-state index contributed by atoms with van der Waals surface area (Å²) in [5, 5.41) is 8.71. The highest BCUT2D eigenvalue weighted by atomic mass is 35.5. The summed E-state index contributed by atoms with van der Waals surface area (Å²) in [5.74, 6) is -0.921. The minimum Gasteiger partial charge on any atom is -0.478 e. The predicted molar refractivity (Wildman–Crippen MR) is 67.0 cm³/mol. The Morgan fingerprint density at radius 3 is 2.31 bits per heavy atom. The number of carboxylic acid groups (broad SMARTS) is 1. The highest BCUT2D eigenvalue weighted by Crippen LogP contribution is 2.18. The third-order valence-electron chi connectivity index (χ3n) is 2.15. The van der Waals surface area contributed by atoms with Crippen LogP contribution in [0.2, 0.25) is 0 Å². The molecule has 0 aliphatic heterocycles. The third kappa shape index (κ3) is 4.04. The summed E-state index contributed by atoms with van der Waals surface area (Å²) in [6, 6.07) is 6.52. The van der Waals surface area contributed by atoms with E-state index in [0.29, 0.717) is 6.42 Å². The van der Waals surface area contributed by atoms with Gasteiger partial charge in [-0.2, -0.15) is 0 Å². The number of nitrogens with two attached hydrogens (primary N) is 1. The Bertz CT molecular complexity index is 373. The summed E-state index contributed by atoms with van der Waals surface area (Å²) < 4.78 is 0. The summed E-state index contributed by atoms with van der Waals surface area (Å²) in [4.78, 5) is 10.6. The molecule has 0 radical (unpaired) electrons. The molecule has 0 aliphatic carbocycles. The van der Waals surface area contributed by atoms with Gasteiger partial charge in [0.15, 0.2) is 0 Å². The van der Waals surface area contributed by atoms with E-state index in [1.54, 1.807) is 24.3 Å². The maximum Gasteiger partial charge on any atom is 0.335 e. The Hall–Kier alpha value is -1.32. The van der Waals surface area contributed by atoms with E-state index in [0.717, 1.165) is 11.1 Å². The molecule has 0 aliphatic rings. The molecule has 0 bridgehead atoms. The summed E-state index contributed by atoms with van der Waals surface area (Å²) >= 11 is 0. The first-order valence-electron chi connectivity index (χ1n) is 4.74. The van der Waals surface area contributed by atoms with E-state index in [9.17, 15) is 4.79 Å². The summed E-state index contributed by atoms with van der Waals surface area (Å²) in [6.45, 7) is 5.71. The topological polar surface area (TPSA) is 63.3 Å². The Kier molecular flexibility index (Phi) is 5.78. The Morgan fingerprint density at radius 2 is 1.94 bits per heavy atom. The van der Waals surface area contributed by atoms with Gasteiger partial charge in [-0.05, 0) is 31.0 Å². The molecule has 1 atom stereocenters. The molecule has 0 spiro atoms. The van der Waals surface area contributed by atoms with Gasteiger partial charge in [0.25, 0.3) is 0 Å². The van der Waals surface area contributed by atoms with Gasteiger partial charge < -0.3 is 10.8 Å². The van der Waals surface area contributed by atoms with Crippen molar-refractivity contribution in [3.63, 3.8) is 0 Å². The first-order valence-corrected chi connectivity index (χ1v) is 4.74. The summed E-state index contributed by atoms with van der Waals surface area (Å²) in [7, 11) is 0. The van der Waals surface area contributed by atoms with E-state index in [4.69, 9.17) is 10.8 Å². The molecule has 0 saturated carbocycles. The van der Waals surface area contributed by atoms with Crippen molar-refractivity contribution in [2.45, 2.75) is 19.4 Å². The fraction of sp³-hybridized carbons (Fsp3) is 0.250. The van der Waals surface area contributed by atoms with Crippen LogP contribution in [0, 0.1) is 0 Å². The normalized spacial score (nSPS) is 11.4. The largest absolute Gasteiger partial charge is 0.478 e. The van der Waals surface area contributed by atoms with Gasteiger partial charge in [-0.25, -0.2) is 4.79 Å². The van der Waals surface area contributed by atoms with Crippen LogP contribution in [0.15, 0.2) is 36.4 Å². The van der Waals surface area contributed by atoms with Gasteiger partial charge in [0.2, 0.25) is 0 Å². The van der Waals surface area contributed by atoms with Crippen LogP contribution in [-0.2, 0) is 0 Å². The fourth-order valence-corrected chi connectivity index (χ4v) is 1.37. The van der Waals surface area contributed by atoms with Gasteiger partial charge in [0.1, 0.15) is 0 Å². The quantitative estimate of drug-likeness (QED) is 0.797. The van der Waals surface area contributed by atoms with Crippen LogP contribution >= 0.6 is 12.4 Å². The number of aromatic carboxylic acids is 1. The van der Waals surface area contributed by atoms with Crippen molar-refractivity contribution in [1.82, 2.24) is 0 Å². The van der Waals surface area contributed by atoms with Crippen molar-refractivity contribution >= 4 is 18.4 Å². The lowest BCUT2D eigenvalue weighted by Gasteiger charge is -2.11. The zero-order valence-corrected chi connectivity index (χ0v) is 9.96. The molecule has 0 heterocycles. The van der Waals surface area contributed by atoms with E-state index in [1.807, 2.05) is 6.92 Å². The average molecular weight is 242 g/mol. The molecular formula is C12H16ClNO2. The van der Waals surface area contributed by atoms with Crippen LogP contribution in [-0.4, -0.2) is 11.1 Å². The molecule has 88 valence electrons. The number of hydrogen-bond donors (Lipinski definition) is 2. The summed E-state index contributed by atoms with van der Waals surface area (Å²) in [6.07, 6.45) is 0.715. The number of hydrogen-bond acceptors (Lipinski definition) is 2. The molecule has 3 nitrogen and oxygen atoms in total. The first-order chi connectivity index (χ1) is 7.00.